The number of aliphatic carboxylic acids is 1. The lowest BCUT2D eigenvalue weighted by atomic mass is 10.1. The molecule has 18 heavy (non-hydrogen) atoms. The molecule has 0 aromatic heterocycles. The molecule has 0 fully saturated rings. The minimum Gasteiger partial charge on any atom is -0.480 e. The Bertz CT molecular complexity index is 503. The van der Waals surface area contributed by atoms with Crippen LogP contribution in [0.4, 0.5) is 18.9 Å². The highest BCUT2D eigenvalue weighted by Gasteiger charge is 2.34. The lowest BCUT2D eigenvalue weighted by Gasteiger charge is -2.10. The predicted octanol–water partition coefficient (Wildman–Crippen LogP) is 2.67. The van der Waals surface area contributed by atoms with Gasteiger partial charge >= 0.3 is 12.1 Å². The van der Waals surface area contributed by atoms with Crippen LogP contribution in [0.25, 0.3) is 0 Å². The zero-order valence-electron chi connectivity index (χ0n) is 8.51. The molecule has 1 rings (SSSR count). The number of nitro benzene ring substituents is 1. The van der Waals surface area contributed by atoms with Crippen LogP contribution in [0.3, 0.4) is 0 Å². The van der Waals surface area contributed by atoms with Crippen molar-refractivity contribution in [3.05, 3.63) is 39.4 Å². The van der Waals surface area contributed by atoms with Gasteiger partial charge in [0.1, 0.15) is 5.25 Å². The van der Waals surface area contributed by atoms with Gasteiger partial charge in [-0.05, 0) is 12.1 Å². The summed E-state index contributed by atoms with van der Waals surface area (Å²) in [6.45, 7) is 0. The average molecular weight is 281 g/mol. The zero-order chi connectivity index (χ0) is 14.1. The Morgan fingerprint density at radius 2 is 2.00 bits per heavy atom. The van der Waals surface area contributed by atoms with E-state index >= 15 is 0 Å². The van der Waals surface area contributed by atoms with Crippen LogP contribution in [-0.4, -0.2) is 16.0 Å². The van der Waals surface area contributed by atoms with E-state index in [0.717, 1.165) is 6.07 Å². The van der Waals surface area contributed by atoms with Gasteiger partial charge in [-0.1, -0.05) is 0 Å². The van der Waals surface area contributed by atoms with Crippen molar-refractivity contribution in [1.29, 1.82) is 0 Å². The second-order valence-electron chi connectivity index (χ2n) is 3.27. The lowest BCUT2D eigenvalue weighted by Crippen LogP contribution is -2.11. The molecule has 1 N–H and O–H groups in total. The molecule has 1 aromatic carbocycles. The molecule has 0 amide bonds. The number of carboxylic acids is 1. The maximum atomic E-state index is 12.4. The minimum atomic E-state index is -4.74. The van der Waals surface area contributed by atoms with Gasteiger partial charge in [0.15, 0.2) is 0 Å². The van der Waals surface area contributed by atoms with Crippen molar-refractivity contribution < 1.29 is 28.0 Å². The van der Waals surface area contributed by atoms with Gasteiger partial charge in [0, 0.05) is 6.07 Å². The maximum absolute atomic E-state index is 12.4. The van der Waals surface area contributed by atoms with E-state index in [9.17, 15) is 28.1 Å². The first-order chi connectivity index (χ1) is 8.14. The third-order valence-corrected chi connectivity index (χ3v) is 2.58. The van der Waals surface area contributed by atoms with E-state index in [0.29, 0.717) is 12.1 Å². The third kappa shape index (κ3) is 2.92. The van der Waals surface area contributed by atoms with Crippen LogP contribution in [0.5, 0.6) is 0 Å². The first-order valence-electron chi connectivity index (χ1n) is 4.41. The highest BCUT2D eigenvalue weighted by Crippen LogP contribution is 2.36. The van der Waals surface area contributed by atoms with Crippen molar-refractivity contribution in [1.82, 2.24) is 0 Å². The van der Waals surface area contributed by atoms with Gasteiger partial charge in [0.25, 0.3) is 5.69 Å². The Kier molecular flexibility index (Phi) is 3.85. The normalized spacial score (nSPS) is 13.1. The van der Waals surface area contributed by atoms with E-state index in [1.54, 1.807) is 0 Å². The van der Waals surface area contributed by atoms with Gasteiger partial charge < -0.3 is 5.11 Å². The summed E-state index contributed by atoms with van der Waals surface area (Å²) < 4.78 is 37.1. The quantitative estimate of drug-likeness (QED) is 0.507. The Labute approximate surface area is 104 Å². The molecule has 1 aromatic rings. The molecule has 0 saturated heterocycles. The van der Waals surface area contributed by atoms with Gasteiger partial charge in [-0.2, -0.15) is 25.8 Å². The summed E-state index contributed by atoms with van der Waals surface area (Å²) in [6, 6.07) is 1.61. The Hall–Kier alpha value is -1.77. The van der Waals surface area contributed by atoms with Gasteiger partial charge in [-0.15, -0.1) is 0 Å². The molecule has 0 aliphatic carbocycles. The van der Waals surface area contributed by atoms with Crippen molar-refractivity contribution in [3.63, 3.8) is 0 Å². The molecular weight excluding hydrogens is 275 g/mol. The molecule has 0 radical (unpaired) electrons. The van der Waals surface area contributed by atoms with Crippen molar-refractivity contribution in [2.24, 2.45) is 0 Å². The standard InChI is InChI=1S/C9H6F3NO4S/c10-9(11,12)4-1-2-5(7(18)8(14)15)6(3-4)13(16)17/h1-3,7,18H,(H,14,15). The number of rotatable bonds is 3. The monoisotopic (exact) mass is 281 g/mol. The number of nitro groups is 1. The molecule has 1 atom stereocenters. The second kappa shape index (κ2) is 4.84. The van der Waals surface area contributed by atoms with Crippen LogP contribution in [0.1, 0.15) is 16.4 Å². The number of halogens is 3. The number of benzene rings is 1. The van der Waals surface area contributed by atoms with Crippen LogP contribution in [0, 0.1) is 10.1 Å². The van der Waals surface area contributed by atoms with E-state index in [1.807, 2.05) is 0 Å². The van der Waals surface area contributed by atoms with E-state index in [2.05, 4.69) is 12.6 Å². The van der Waals surface area contributed by atoms with E-state index in [1.165, 1.54) is 0 Å². The van der Waals surface area contributed by atoms with Crippen LogP contribution in [0.2, 0.25) is 0 Å². The fourth-order valence-corrected chi connectivity index (χ4v) is 1.46. The summed E-state index contributed by atoms with van der Waals surface area (Å²) in [5.74, 6) is -1.49. The van der Waals surface area contributed by atoms with E-state index < -0.39 is 39.1 Å². The molecular formula is C9H6F3NO4S. The molecule has 9 heteroatoms. The van der Waals surface area contributed by atoms with Gasteiger partial charge in [0.2, 0.25) is 0 Å². The van der Waals surface area contributed by atoms with Gasteiger partial charge in [0.05, 0.1) is 16.1 Å². The van der Waals surface area contributed by atoms with Crippen LogP contribution in [0.15, 0.2) is 18.2 Å². The molecule has 98 valence electrons. The summed E-state index contributed by atoms with van der Waals surface area (Å²) in [7, 11) is 0. The van der Waals surface area contributed by atoms with Crippen molar-refractivity contribution in [2.75, 3.05) is 0 Å². The Morgan fingerprint density at radius 1 is 1.44 bits per heavy atom. The largest absolute Gasteiger partial charge is 0.480 e. The number of thiol groups is 1. The van der Waals surface area contributed by atoms with Crippen LogP contribution < -0.4 is 0 Å². The second-order valence-corrected chi connectivity index (χ2v) is 3.79. The summed E-state index contributed by atoms with van der Waals surface area (Å²) in [5.41, 5.74) is -2.54. The maximum Gasteiger partial charge on any atom is 0.416 e. The number of alkyl halides is 3. The first-order valence-corrected chi connectivity index (χ1v) is 4.92. The molecule has 0 aliphatic heterocycles. The Morgan fingerprint density at radius 3 is 2.39 bits per heavy atom. The lowest BCUT2D eigenvalue weighted by molar-refractivity contribution is -0.385. The summed E-state index contributed by atoms with van der Waals surface area (Å²) in [4.78, 5) is 20.2. The molecule has 1 unspecified atom stereocenters. The number of carbonyl (C=O) groups is 1. The SMILES string of the molecule is O=C(O)C(S)c1ccc(C(F)(F)F)cc1[N+](=O)[O-]. The fourth-order valence-electron chi connectivity index (χ4n) is 1.24. The predicted molar refractivity (Wildman–Crippen MR) is 57.5 cm³/mol. The van der Waals surface area contributed by atoms with Crippen molar-refractivity contribution in [2.45, 2.75) is 11.4 Å². The van der Waals surface area contributed by atoms with Crippen LogP contribution >= 0.6 is 12.6 Å². The fraction of sp³-hybridized carbons (Fsp3) is 0.222. The van der Waals surface area contributed by atoms with Crippen LogP contribution in [-0.2, 0) is 11.0 Å². The molecule has 0 saturated carbocycles. The third-order valence-electron chi connectivity index (χ3n) is 2.08. The summed E-state index contributed by atoms with van der Waals surface area (Å²) in [5, 5.41) is 17.7. The van der Waals surface area contributed by atoms with Crippen molar-refractivity contribution in [3.8, 4) is 0 Å². The molecule has 0 aliphatic rings. The summed E-state index contributed by atoms with van der Waals surface area (Å²) >= 11 is 3.60. The Balaban J connectivity index is 3.39. The zero-order valence-corrected chi connectivity index (χ0v) is 9.40. The molecule has 0 spiro atoms. The molecule has 5 nitrogen and oxygen atoms in total. The van der Waals surface area contributed by atoms with E-state index in [-0.39, 0.29) is 0 Å². The first kappa shape index (κ1) is 14.3. The minimum absolute atomic E-state index is 0.293. The average Bonchev–Trinajstić information content (AvgIpc) is 2.25. The highest BCUT2D eigenvalue weighted by atomic mass is 32.1. The number of hydrogen-bond acceptors (Lipinski definition) is 4. The molecule has 0 bridgehead atoms. The summed E-state index contributed by atoms with van der Waals surface area (Å²) in [6.07, 6.45) is -4.74. The van der Waals surface area contributed by atoms with Crippen molar-refractivity contribution >= 4 is 24.3 Å². The van der Waals surface area contributed by atoms with E-state index in [4.69, 9.17) is 5.11 Å². The number of carboxylic acid groups (broad SMARTS) is 1. The number of hydrogen-bond donors (Lipinski definition) is 2. The topological polar surface area (TPSA) is 80.4 Å². The van der Waals surface area contributed by atoms with Gasteiger partial charge in [-0.3, -0.25) is 14.9 Å². The smallest absolute Gasteiger partial charge is 0.416 e. The highest BCUT2D eigenvalue weighted by molar-refractivity contribution is 7.81. The number of nitrogens with zero attached hydrogens (tertiary/aromatic N) is 1. The van der Waals surface area contributed by atoms with Gasteiger partial charge in [-0.25, -0.2) is 0 Å². The molecule has 0 heterocycles.